The smallest absolute Gasteiger partial charge is 0.141 e. The molecule has 5 heteroatoms. The van der Waals surface area contributed by atoms with Crippen LogP contribution in [0.4, 0.5) is 10.2 Å². The van der Waals surface area contributed by atoms with Gasteiger partial charge in [0.1, 0.15) is 11.6 Å². The molecular formula is C9H13FN2O2. The number of halogens is 1. The average molecular weight is 200 g/mol. The Hall–Kier alpha value is -1.20. The van der Waals surface area contributed by atoms with Crippen molar-refractivity contribution in [2.24, 2.45) is 0 Å². The number of aliphatic hydroxyl groups excluding tert-OH is 1. The molecular weight excluding hydrogens is 187 g/mol. The first-order valence-corrected chi connectivity index (χ1v) is 4.24. The Labute approximate surface area is 81.7 Å². The summed E-state index contributed by atoms with van der Waals surface area (Å²) in [6.07, 6.45) is 1.11. The van der Waals surface area contributed by atoms with E-state index in [1.807, 2.05) is 0 Å². The van der Waals surface area contributed by atoms with Crippen LogP contribution in [0.1, 0.15) is 0 Å². The summed E-state index contributed by atoms with van der Waals surface area (Å²) in [5.74, 6) is 0.130. The van der Waals surface area contributed by atoms with Crippen LogP contribution in [0.5, 0.6) is 0 Å². The Morgan fingerprint density at radius 1 is 1.64 bits per heavy atom. The molecule has 0 aliphatic heterocycles. The van der Waals surface area contributed by atoms with E-state index >= 15 is 0 Å². The summed E-state index contributed by atoms with van der Waals surface area (Å²) in [6, 6.07) is 2.59. The van der Waals surface area contributed by atoms with Crippen molar-refractivity contribution in [1.29, 1.82) is 0 Å². The minimum atomic E-state index is -0.386. The van der Waals surface area contributed by atoms with E-state index in [2.05, 4.69) is 10.3 Å². The summed E-state index contributed by atoms with van der Waals surface area (Å²) < 4.78 is 17.4. The molecule has 1 rings (SSSR count). The molecule has 1 atom stereocenters. The lowest BCUT2D eigenvalue weighted by Crippen LogP contribution is -2.29. The number of ether oxygens (including phenoxy) is 1. The Morgan fingerprint density at radius 2 is 2.43 bits per heavy atom. The molecule has 1 heterocycles. The van der Waals surface area contributed by atoms with Gasteiger partial charge in [0.15, 0.2) is 0 Å². The van der Waals surface area contributed by atoms with Gasteiger partial charge in [-0.1, -0.05) is 0 Å². The van der Waals surface area contributed by atoms with Gasteiger partial charge in [-0.15, -0.1) is 0 Å². The van der Waals surface area contributed by atoms with E-state index in [1.165, 1.54) is 12.1 Å². The van der Waals surface area contributed by atoms with Crippen LogP contribution in [-0.2, 0) is 4.74 Å². The lowest BCUT2D eigenvalue weighted by atomic mass is 10.3. The zero-order chi connectivity index (χ0) is 10.4. The van der Waals surface area contributed by atoms with Gasteiger partial charge in [-0.2, -0.15) is 0 Å². The highest BCUT2D eigenvalue weighted by molar-refractivity contribution is 5.34. The Bertz CT molecular complexity index is 266. The molecule has 0 aromatic carbocycles. The van der Waals surface area contributed by atoms with Gasteiger partial charge in [-0.25, -0.2) is 9.37 Å². The number of pyridine rings is 1. The van der Waals surface area contributed by atoms with Crippen molar-refractivity contribution in [3.63, 3.8) is 0 Å². The van der Waals surface area contributed by atoms with Crippen molar-refractivity contribution in [2.75, 3.05) is 25.6 Å². The van der Waals surface area contributed by atoms with Gasteiger partial charge in [0.05, 0.1) is 25.5 Å². The van der Waals surface area contributed by atoms with Crippen LogP contribution in [0.3, 0.4) is 0 Å². The maximum Gasteiger partial charge on any atom is 0.141 e. The second kappa shape index (κ2) is 5.51. The highest BCUT2D eigenvalue weighted by atomic mass is 19.1. The van der Waals surface area contributed by atoms with Crippen LogP contribution in [0, 0.1) is 5.82 Å². The fourth-order valence-corrected chi connectivity index (χ4v) is 1.01. The standard InChI is InChI=1S/C9H13FN2O2/c1-14-6-8(5-13)12-9-3-2-7(10)4-11-9/h2-4,8,13H,5-6H2,1H3,(H,11,12). The van der Waals surface area contributed by atoms with Gasteiger partial charge in [-0.05, 0) is 12.1 Å². The highest BCUT2D eigenvalue weighted by Crippen LogP contribution is 2.05. The molecule has 4 nitrogen and oxygen atoms in total. The van der Waals surface area contributed by atoms with E-state index in [1.54, 1.807) is 7.11 Å². The van der Waals surface area contributed by atoms with Gasteiger partial charge in [0.25, 0.3) is 0 Å². The molecule has 1 aromatic rings. The molecule has 0 spiro atoms. The number of nitrogens with one attached hydrogen (secondary N) is 1. The minimum Gasteiger partial charge on any atom is -0.394 e. The molecule has 2 N–H and O–H groups in total. The molecule has 0 aliphatic carbocycles. The molecule has 0 aliphatic rings. The third-order valence-electron chi connectivity index (χ3n) is 1.67. The van der Waals surface area contributed by atoms with Crippen molar-refractivity contribution in [3.8, 4) is 0 Å². The first-order chi connectivity index (χ1) is 6.76. The summed E-state index contributed by atoms with van der Waals surface area (Å²) in [5.41, 5.74) is 0. The maximum atomic E-state index is 12.5. The van der Waals surface area contributed by atoms with Gasteiger partial charge in [-0.3, -0.25) is 0 Å². The van der Waals surface area contributed by atoms with Gasteiger partial charge in [0.2, 0.25) is 0 Å². The second-order valence-corrected chi connectivity index (χ2v) is 2.84. The molecule has 0 bridgehead atoms. The third-order valence-corrected chi connectivity index (χ3v) is 1.67. The van der Waals surface area contributed by atoms with Crippen molar-refractivity contribution < 1.29 is 14.2 Å². The molecule has 0 fully saturated rings. The summed E-state index contributed by atoms with van der Waals surface area (Å²) in [6.45, 7) is 0.308. The van der Waals surface area contributed by atoms with E-state index in [0.29, 0.717) is 12.4 Å². The monoisotopic (exact) mass is 200 g/mol. The normalized spacial score (nSPS) is 12.5. The molecule has 14 heavy (non-hydrogen) atoms. The zero-order valence-corrected chi connectivity index (χ0v) is 7.90. The Morgan fingerprint density at radius 3 is 2.93 bits per heavy atom. The lowest BCUT2D eigenvalue weighted by Gasteiger charge is -2.15. The molecule has 1 aromatic heterocycles. The van der Waals surface area contributed by atoms with E-state index < -0.39 is 0 Å². The molecule has 0 radical (unpaired) electrons. The number of nitrogens with zero attached hydrogens (tertiary/aromatic N) is 1. The topological polar surface area (TPSA) is 54.4 Å². The van der Waals surface area contributed by atoms with E-state index in [0.717, 1.165) is 6.20 Å². The highest BCUT2D eigenvalue weighted by Gasteiger charge is 2.06. The summed E-state index contributed by atoms with van der Waals surface area (Å²) in [7, 11) is 1.54. The van der Waals surface area contributed by atoms with Crippen molar-refractivity contribution in [1.82, 2.24) is 4.98 Å². The van der Waals surface area contributed by atoms with Crippen LogP contribution in [0.25, 0.3) is 0 Å². The predicted octanol–water partition coefficient (Wildman–Crippen LogP) is 0.640. The number of anilines is 1. The van der Waals surface area contributed by atoms with Crippen LogP contribution in [-0.4, -0.2) is 36.5 Å². The fourth-order valence-electron chi connectivity index (χ4n) is 1.01. The lowest BCUT2D eigenvalue weighted by molar-refractivity contribution is 0.153. The Balaban J connectivity index is 2.53. The summed E-state index contributed by atoms with van der Waals surface area (Å²) >= 11 is 0. The first-order valence-electron chi connectivity index (χ1n) is 4.24. The number of aromatic nitrogens is 1. The quantitative estimate of drug-likeness (QED) is 0.732. The molecule has 78 valence electrons. The Kier molecular flexibility index (Phi) is 4.28. The fraction of sp³-hybridized carbons (Fsp3) is 0.444. The molecule has 0 amide bonds. The number of hydrogen-bond donors (Lipinski definition) is 2. The van der Waals surface area contributed by atoms with E-state index in [9.17, 15) is 4.39 Å². The van der Waals surface area contributed by atoms with Crippen molar-refractivity contribution in [2.45, 2.75) is 6.04 Å². The van der Waals surface area contributed by atoms with Gasteiger partial charge < -0.3 is 15.2 Å². The second-order valence-electron chi connectivity index (χ2n) is 2.84. The van der Waals surface area contributed by atoms with E-state index in [-0.39, 0.29) is 18.5 Å². The largest absolute Gasteiger partial charge is 0.394 e. The first kappa shape index (κ1) is 10.9. The summed E-state index contributed by atoms with van der Waals surface area (Å²) in [4.78, 5) is 3.80. The average Bonchev–Trinajstić information content (AvgIpc) is 2.20. The van der Waals surface area contributed by atoms with Crippen LogP contribution >= 0.6 is 0 Å². The number of hydrogen-bond acceptors (Lipinski definition) is 4. The van der Waals surface area contributed by atoms with Crippen molar-refractivity contribution in [3.05, 3.63) is 24.1 Å². The van der Waals surface area contributed by atoms with Crippen molar-refractivity contribution >= 4 is 5.82 Å². The van der Waals surface area contributed by atoms with Crippen LogP contribution in [0.2, 0.25) is 0 Å². The molecule has 1 unspecified atom stereocenters. The SMILES string of the molecule is COCC(CO)Nc1ccc(F)cn1. The zero-order valence-electron chi connectivity index (χ0n) is 7.90. The van der Waals surface area contributed by atoms with Gasteiger partial charge >= 0.3 is 0 Å². The van der Waals surface area contributed by atoms with Crippen LogP contribution in [0.15, 0.2) is 18.3 Å². The molecule has 0 saturated carbocycles. The summed E-state index contributed by atoms with van der Waals surface area (Å²) in [5, 5.41) is 11.8. The number of aliphatic hydroxyl groups is 1. The van der Waals surface area contributed by atoms with Crippen LogP contribution < -0.4 is 5.32 Å². The number of rotatable bonds is 5. The third kappa shape index (κ3) is 3.27. The minimum absolute atomic E-state index is 0.0626. The maximum absolute atomic E-state index is 12.5. The van der Waals surface area contributed by atoms with Gasteiger partial charge in [0, 0.05) is 7.11 Å². The predicted molar refractivity (Wildman–Crippen MR) is 50.6 cm³/mol. The van der Waals surface area contributed by atoms with E-state index in [4.69, 9.17) is 9.84 Å². The molecule has 0 saturated heterocycles. The number of methoxy groups -OCH3 is 1.